The predicted octanol–water partition coefficient (Wildman–Crippen LogP) is 2.56. The molecular formula is C16H28N2O3. The van der Waals surface area contributed by atoms with E-state index < -0.39 is 11.9 Å². The molecule has 2 aliphatic rings. The fourth-order valence-corrected chi connectivity index (χ4v) is 3.64. The highest BCUT2D eigenvalue weighted by molar-refractivity contribution is 5.76. The molecule has 0 bridgehead atoms. The highest BCUT2D eigenvalue weighted by atomic mass is 16.4. The Hall–Kier alpha value is -1.26. The molecule has 1 aliphatic heterocycles. The average Bonchev–Trinajstić information content (AvgIpc) is 2.42. The van der Waals surface area contributed by atoms with Crippen LogP contribution in [0.3, 0.4) is 0 Å². The van der Waals surface area contributed by atoms with Gasteiger partial charge in [0.25, 0.3) is 0 Å². The molecule has 0 aromatic heterocycles. The molecule has 5 unspecified atom stereocenters. The minimum absolute atomic E-state index is 0.0837. The molecule has 1 aliphatic carbocycles. The summed E-state index contributed by atoms with van der Waals surface area (Å²) in [6.07, 6.45) is 3.87. The quantitative estimate of drug-likeness (QED) is 0.823. The monoisotopic (exact) mass is 296 g/mol. The van der Waals surface area contributed by atoms with Crippen molar-refractivity contribution in [1.82, 2.24) is 10.2 Å². The largest absolute Gasteiger partial charge is 0.481 e. The van der Waals surface area contributed by atoms with Crippen LogP contribution >= 0.6 is 0 Å². The number of nitrogens with one attached hydrogen (secondary N) is 1. The molecule has 0 aromatic carbocycles. The number of hydrogen-bond acceptors (Lipinski definition) is 2. The third kappa shape index (κ3) is 4.11. The molecule has 1 saturated carbocycles. The zero-order valence-electron chi connectivity index (χ0n) is 13.3. The Morgan fingerprint density at radius 2 is 1.76 bits per heavy atom. The Bertz CT molecular complexity index is 399. The predicted molar refractivity (Wildman–Crippen MR) is 81.0 cm³/mol. The standard InChI is InChI=1S/C16H28N2O3/c1-10-6-13(15(19)20)9-18(8-10)16(21)17-14-5-4-11(2)12(3)7-14/h10-14H,4-9H2,1-3H3,(H,17,21)(H,19,20). The van der Waals surface area contributed by atoms with Crippen molar-refractivity contribution in [2.45, 2.75) is 52.5 Å². The first-order chi connectivity index (χ1) is 9.86. The molecule has 21 heavy (non-hydrogen) atoms. The maximum absolute atomic E-state index is 12.4. The van der Waals surface area contributed by atoms with Crippen molar-refractivity contribution in [3.8, 4) is 0 Å². The van der Waals surface area contributed by atoms with Gasteiger partial charge in [-0.2, -0.15) is 0 Å². The van der Waals surface area contributed by atoms with Gasteiger partial charge in [-0.1, -0.05) is 20.8 Å². The molecule has 1 heterocycles. The number of piperidine rings is 1. The Balaban J connectivity index is 1.89. The lowest BCUT2D eigenvalue weighted by Crippen LogP contribution is -2.52. The van der Waals surface area contributed by atoms with E-state index in [9.17, 15) is 14.7 Å². The molecule has 5 atom stereocenters. The highest BCUT2D eigenvalue weighted by Crippen LogP contribution is 2.29. The van der Waals surface area contributed by atoms with Gasteiger partial charge in [-0.15, -0.1) is 0 Å². The van der Waals surface area contributed by atoms with Crippen LogP contribution in [0.15, 0.2) is 0 Å². The Morgan fingerprint density at radius 1 is 1.05 bits per heavy atom. The number of hydrogen-bond donors (Lipinski definition) is 2. The molecule has 2 fully saturated rings. The number of likely N-dealkylation sites (tertiary alicyclic amines) is 1. The lowest BCUT2D eigenvalue weighted by atomic mass is 9.79. The lowest BCUT2D eigenvalue weighted by molar-refractivity contribution is -0.143. The number of carbonyl (C=O) groups excluding carboxylic acids is 1. The van der Waals surface area contributed by atoms with Crippen LogP contribution in [-0.4, -0.2) is 41.1 Å². The Kier molecular flexibility index (Phi) is 5.12. The zero-order valence-corrected chi connectivity index (χ0v) is 13.3. The first kappa shape index (κ1) is 16.1. The summed E-state index contributed by atoms with van der Waals surface area (Å²) in [5.74, 6) is 0.390. The molecular weight excluding hydrogens is 268 g/mol. The highest BCUT2D eigenvalue weighted by Gasteiger charge is 2.33. The van der Waals surface area contributed by atoms with Crippen molar-refractivity contribution in [3.05, 3.63) is 0 Å². The van der Waals surface area contributed by atoms with E-state index in [1.165, 1.54) is 0 Å². The second kappa shape index (κ2) is 6.67. The van der Waals surface area contributed by atoms with Gasteiger partial charge in [0.15, 0.2) is 0 Å². The number of aliphatic carboxylic acids is 1. The van der Waals surface area contributed by atoms with Gasteiger partial charge in [-0.3, -0.25) is 4.79 Å². The average molecular weight is 296 g/mol. The second-order valence-electron chi connectivity index (χ2n) is 7.20. The number of nitrogens with zero attached hydrogens (tertiary/aromatic N) is 1. The third-order valence-corrected chi connectivity index (χ3v) is 5.22. The van der Waals surface area contributed by atoms with Crippen molar-refractivity contribution in [3.63, 3.8) is 0 Å². The first-order valence-electron chi connectivity index (χ1n) is 8.15. The van der Waals surface area contributed by atoms with Crippen LogP contribution in [0.2, 0.25) is 0 Å². The van der Waals surface area contributed by atoms with Crippen molar-refractivity contribution in [2.24, 2.45) is 23.7 Å². The van der Waals surface area contributed by atoms with E-state index >= 15 is 0 Å². The van der Waals surface area contributed by atoms with Crippen LogP contribution in [0.4, 0.5) is 4.79 Å². The SMILES string of the molecule is CC1CC(C(=O)O)CN(C(=O)NC2CCC(C)C(C)C2)C1. The summed E-state index contributed by atoms with van der Waals surface area (Å²) in [5, 5.41) is 12.3. The van der Waals surface area contributed by atoms with E-state index in [0.717, 1.165) is 25.2 Å². The van der Waals surface area contributed by atoms with Gasteiger partial charge in [0, 0.05) is 19.1 Å². The topological polar surface area (TPSA) is 69.6 Å². The van der Waals surface area contributed by atoms with Gasteiger partial charge < -0.3 is 15.3 Å². The summed E-state index contributed by atoms with van der Waals surface area (Å²) in [5.41, 5.74) is 0. The molecule has 0 spiro atoms. The lowest BCUT2D eigenvalue weighted by Gasteiger charge is -2.37. The van der Waals surface area contributed by atoms with Crippen LogP contribution < -0.4 is 5.32 Å². The Morgan fingerprint density at radius 3 is 2.38 bits per heavy atom. The van der Waals surface area contributed by atoms with Gasteiger partial charge >= 0.3 is 12.0 Å². The Labute approximate surface area is 127 Å². The van der Waals surface area contributed by atoms with E-state index in [-0.39, 0.29) is 18.0 Å². The summed E-state index contributed by atoms with van der Waals surface area (Å²) in [6, 6.07) is 0.156. The first-order valence-corrected chi connectivity index (χ1v) is 8.15. The molecule has 120 valence electrons. The van der Waals surface area contributed by atoms with Gasteiger partial charge in [0.1, 0.15) is 0 Å². The van der Waals surface area contributed by atoms with Crippen molar-refractivity contribution in [1.29, 1.82) is 0 Å². The summed E-state index contributed by atoms with van der Waals surface area (Å²) in [4.78, 5) is 25.3. The minimum Gasteiger partial charge on any atom is -0.481 e. The summed E-state index contributed by atoms with van der Waals surface area (Å²) in [6.45, 7) is 7.52. The number of amides is 2. The third-order valence-electron chi connectivity index (χ3n) is 5.22. The molecule has 2 amide bonds. The van der Waals surface area contributed by atoms with E-state index in [2.05, 4.69) is 19.2 Å². The van der Waals surface area contributed by atoms with Gasteiger partial charge in [0.2, 0.25) is 0 Å². The molecule has 2 rings (SSSR count). The minimum atomic E-state index is -0.792. The van der Waals surface area contributed by atoms with E-state index in [1.54, 1.807) is 4.90 Å². The molecule has 2 N–H and O–H groups in total. The van der Waals surface area contributed by atoms with Crippen LogP contribution in [0.1, 0.15) is 46.5 Å². The van der Waals surface area contributed by atoms with Gasteiger partial charge in [0.05, 0.1) is 5.92 Å². The van der Waals surface area contributed by atoms with Crippen LogP contribution in [0, 0.1) is 23.7 Å². The molecule has 5 heteroatoms. The number of urea groups is 1. The van der Waals surface area contributed by atoms with Crippen molar-refractivity contribution >= 4 is 12.0 Å². The van der Waals surface area contributed by atoms with Crippen molar-refractivity contribution < 1.29 is 14.7 Å². The van der Waals surface area contributed by atoms with Gasteiger partial charge in [-0.25, -0.2) is 4.79 Å². The zero-order chi connectivity index (χ0) is 15.6. The molecule has 5 nitrogen and oxygen atoms in total. The molecule has 0 aromatic rings. The van der Waals surface area contributed by atoms with Gasteiger partial charge in [-0.05, 0) is 43.4 Å². The molecule has 1 saturated heterocycles. The summed E-state index contributed by atoms with van der Waals surface area (Å²) >= 11 is 0. The summed E-state index contributed by atoms with van der Waals surface area (Å²) < 4.78 is 0. The number of carbonyl (C=O) groups is 2. The van der Waals surface area contributed by atoms with E-state index in [4.69, 9.17) is 0 Å². The normalized spacial score (nSPS) is 37.1. The maximum atomic E-state index is 12.4. The fraction of sp³-hybridized carbons (Fsp3) is 0.875. The van der Waals surface area contributed by atoms with E-state index in [1.807, 2.05) is 6.92 Å². The van der Waals surface area contributed by atoms with Crippen LogP contribution in [0.5, 0.6) is 0 Å². The van der Waals surface area contributed by atoms with Crippen LogP contribution in [-0.2, 0) is 4.79 Å². The van der Waals surface area contributed by atoms with Crippen LogP contribution in [0.25, 0.3) is 0 Å². The smallest absolute Gasteiger partial charge is 0.317 e. The molecule has 0 radical (unpaired) electrons. The number of rotatable bonds is 2. The fourth-order valence-electron chi connectivity index (χ4n) is 3.64. The van der Waals surface area contributed by atoms with Crippen molar-refractivity contribution in [2.75, 3.05) is 13.1 Å². The number of carboxylic acid groups (broad SMARTS) is 1. The maximum Gasteiger partial charge on any atom is 0.317 e. The number of carboxylic acids is 1. The summed E-state index contributed by atoms with van der Waals surface area (Å²) in [7, 11) is 0. The van der Waals surface area contributed by atoms with E-state index in [0.29, 0.717) is 25.4 Å². The second-order valence-corrected chi connectivity index (χ2v) is 7.20.